The van der Waals surface area contributed by atoms with Crippen LogP contribution in [0.1, 0.15) is 17.0 Å². The summed E-state index contributed by atoms with van der Waals surface area (Å²) < 4.78 is 1.65. The van der Waals surface area contributed by atoms with Crippen molar-refractivity contribution in [2.75, 3.05) is 4.90 Å². The number of benzene rings is 1. The minimum atomic E-state index is -1.11. The number of nitro groups is 1. The molecule has 11 heteroatoms. The number of carbonyl (C=O) groups is 2. The molecule has 0 N–H and O–H groups in total. The summed E-state index contributed by atoms with van der Waals surface area (Å²) in [6.07, 6.45) is -1.11. The number of aromatic nitrogens is 2. The number of carbonyl (C=O) groups excluding carboxylic acids is 2. The Kier molecular flexibility index (Phi) is 3.96. The molecule has 2 aromatic rings. The number of imide groups is 1. The summed E-state index contributed by atoms with van der Waals surface area (Å²) in [5.41, 5.74) is 2.08. The molecular weight excluding hydrogens is 390 g/mol. The fourth-order valence-corrected chi connectivity index (χ4v) is 3.75. The van der Waals surface area contributed by atoms with Crippen molar-refractivity contribution in [1.82, 2.24) is 9.78 Å². The number of rotatable bonds is 3. The summed E-state index contributed by atoms with van der Waals surface area (Å²) in [6, 6.07) is 3.75. The van der Waals surface area contributed by atoms with E-state index >= 15 is 0 Å². The van der Waals surface area contributed by atoms with Crippen molar-refractivity contribution in [2.45, 2.75) is 20.0 Å². The summed E-state index contributed by atoms with van der Waals surface area (Å²) in [4.78, 5) is 42.5. The molecule has 0 aliphatic carbocycles. The average Bonchev–Trinajstić information content (AvgIpc) is 3.24. The molecule has 3 heterocycles. The van der Waals surface area contributed by atoms with Gasteiger partial charge in [0.05, 0.1) is 16.3 Å². The SMILES string of the molecule is Cc1nn(C)c(C)c1C1=NO[C@H]2C(=O)N(c3ccc(Cl)c([N+](=O)[O-])c3)C(=O)[C@@H]12. The zero-order chi connectivity index (χ0) is 20.3. The number of oxime groups is 1. The highest BCUT2D eigenvalue weighted by Crippen LogP contribution is 2.38. The zero-order valence-electron chi connectivity index (χ0n) is 15.0. The number of nitrogens with zero attached hydrogens (tertiary/aromatic N) is 5. The van der Waals surface area contributed by atoms with Crippen LogP contribution >= 0.6 is 11.6 Å². The van der Waals surface area contributed by atoms with Crippen LogP contribution in [0.15, 0.2) is 23.4 Å². The van der Waals surface area contributed by atoms with Crippen LogP contribution in [0, 0.1) is 29.9 Å². The van der Waals surface area contributed by atoms with Gasteiger partial charge >= 0.3 is 0 Å². The quantitative estimate of drug-likeness (QED) is 0.438. The van der Waals surface area contributed by atoms with E-state index < -0.39 is 34.4 Å². The van der Waals surface area contributed by atoms with Crippen LogP contribution in [0.5, 0.6) is 0 Å². The maximum Gasteiger partial charge on any atom is 0.289 e. The summed E-state index contributed by atoms with van der Waals surface area (Å²) in [5.74, 6) is -2.14. The lowest BCUT2D eigenvalue weighted by Crippen LogP contribution is -2.33. The van der Waals surface area contributed by atoms with Gasteiger partial charge in [-0.25, -0.2) is 4.90 Å². The fraction of sp³-hybridized carbons (Fsp3) is 0.294. The first-order valence-electron chi connectivity index (χ1n) is 8.28. The van der Waals surface area contributed by atoms with Gasteiger partial charge in [0, 0.05) is 24.4 Å². The Morgan fingerprint density at radius 2 is 1.96 bits per heavy atom. The highest BCUT2D eigenvalue weighted by atomic mass is 35.5. The van der Waals surface area contributed by atoms with Gasteiger partial charge in [0.25, 0.3) is 11.6 Å². The third-order valence-electron chi connectivity index (χ3n) is 4.96. The van der Waals surface area contributed by atoms with E-state index in [2.05, 4.69) is 10.3 Å². The predicted molar refractivity (Wildman–Crippen MR) is 98.2 cm³/mol. The van der Waals surface area contributed by atoms with E-state index in [1.54, 1.807) is 18.7 Å². The number of aryl methyl sites for hydroxylation is 2. The van der Waals surface area contributed by atoms with Gasteiger partial charge in [-0.3, -0.25) is 24.4 Å². The highest BCUT2D eigenvalue weighted by Gasteiger charge is 2.57. The van der Waals surface area contributed by atoms with E-state index in [0.29, 0.717) is 17.0 Å². The first-order valence-corrected chi connectivity index (χ1v) is 8.66. The second-order valence-electron chi connectivity index (χ2n) is 6.55. The van der Waals surface area contributed by atoms with Gasteiger partial charge < -0.3 is 4.84 Å². The Morgan fingerprint density at radius 1 is 1.25 bits per heavy atom. The molecule has 0 radical (unpaired) electrons. The predicted octanol–water partition coefficient (Wildman–Crippen LogP) is 1.89. The van der Waals surface area contributed by atoms with Crippen molar-refractivity contribution in [2.24, 2.45) is 18.1 Å². The molecule has 0 saturated carbocycles. The molecule has 1 saturated heterocycles. The third-order valence-corrected chi connectivity index (χ3v) is 5.28. The standard InChI is InChI=1S/C17H14ClN5O5/c1-7-12(8(2)21(3)19-7)14-13-15(28-20-14)17(25)22(16(13)24)9-4-5-10(18)11(6-9)23(26)27/h4-6,13,15H,1-3H3/t13-,15+/m0/s1. The van der Waals surface area contributed by atoms with Gasteiger partial charge in [-0.05, 0) is 26.0 Å². The number of nitro benzene ring substituents is 1. The summed E-state index contributed by atoms with van der Waals surface area (Å²) in [5, 5.41) is 19.3. The number of anilines is 1. The molecule has 28 heavy (non-hydrogen) atoms. The van der Waals surface area contributed by atoms with Crippen molar-refractivity contribution in [3.8, 4) is 0 Å². The van der Waals surface area contributed by atoms with E-state index in [1.165, 1.54) is 12.1 Å². The lowest BCUT2D eigenvalue weighted by molar-refractivity contribution is -0.384. The molecule has 4 rings (SSSR count). The average molecular weight is 404 g/mol. The van der Waals surface area contributed by atoms with E-state index in [1.807, 2.05) is 6.92 Å². The topological polar surface area (TPSA) is 120 Å². The van der Waals surface area contributed by atoms with Crippen LogP contribution < -0.4 is 4.90 Å². The zero-order valence-corrected chi connectivity index (χ0v) is 15.8. The second-order valence-corrected chi connectivity index (χ2v) is 6.96. The van der Waals surface area contributed by atoms with Crippen molar-refractivity contribution < 1.29 is 19.3 Å². The van der Waals surface area contributed by atoms with E-state index in [-0.39, 0.29) is 10.7 Å². The molecule has 0 unspecified atom stereocenters. The van der Waals surface area contributed by atoms with Gasteiger partial charge in [-0.1, -0.05) is 16.8 Å². The van der Waals surface area contributed by atoms with Crippen LogP contribution in [0.2, 0.25) is 5.02 Å². The molecule has 0 bridgehead atoms. The summed E-state index contributed by atoms with van der Waals surface area (Å²) in [6.45, 7) is 3.60. The monoisotopic (exact) mass is 403 g/mol. The smallest absolute Gasteiger partial charge is 0.289 e. The minimum absolute atomic E-state index is 0.0584. The Labute approximate surface area is 163 Å². The van der Waals surface area contributed by atoms with E-state index in [4.69, 9.17) is 16.4 Å². The molecule has 10 nitrogen and oxygen atoms in total. The van der Waals surface area contributed by atoms with Gasteiger partial charge in [0.2, 0.25) is 12.0 Å². The lowest BCUT2D eigenvalue weighted by Gasteiger charge is -2.15. The van der Waals surface area contributed by atoms with Crippen LogP contribution in [-0.2, 0) is 21.5 Å². The van der Waals surface area contributed by atoms with Gasteiger partial charge in [-0.15, -0.1) is 0 Å². The van der Waals surface area contributed by atoms with Crippen LogP contribution in [-0.4, -0.2) is 38.3 Å². The number of halogens is 1. The molecule has 1 fully saturated rings. The normalized spacial score (nSPS) is 21.0. The van der Waals surface area contributed by atoms with Gasteiger partial charge in [-0.2, -0.15) is 5.10 Å². The number of hydrogen-bond acceptors (Lipinski definition) is 7. The third kappa shape index (κ3) is 2.41. The number of fused-ring (bicyclic) bond motifs is 1. The van der Waals surface area contributed by atoms with E-state index in [0.717, 1.165) is 16.7 Å². The van der Waals surface area contributed by atoms with Crippen LogP contribution in [0.25, 0.3) is 0 Å². The fourth-order valence-electron chi connectivity index (χ4n) is 3.56. The Hall–Kier alpha value is -3.27. The maximum absolute atomic E-state index is 13.1. The van der Waals surface area contributed by atoms with Crippen LogP contribution in [0.4, 0.5) is 11.4 Å². The van der Waals surface area contributed by atoms with Crippen molar-refractivity contribution >= 4 is 40.5 Å². The van der Waals surface area contributed by atoms with Crippen molar-refractivity contribution in [3.05, 3.63) is 50.3 Å². The summed E-state index contributed by atoms with van der Waals surface area (Å²) >= 11 is 5.82. The maximum atomic E-state index is 13.1. The molecule has 1 aromatic heterocycles. The highest BCUT2D eigenvalue weighted by molar-refractivity contribution is 6.34. The number of amides is 2. The molecule has 0 spiro atoms. The molecule has 2 amide bonds. The van der Waals surface area contributed by atoms with Crippen LogP contribution in [0.3, 0.4) is 0 Å². The molecule has 1 aromatic carbocycles. The first kappa shape index (κ1) is 18.1. The Morgan fingerprint density at radius 3 is 2.57 bits per heavy atom. The largest absolute Gasteiger partial charge is 0.381 e. The van der Waals surface area contributed by atoms with Crippen molar-refractivity contribution in [1.29, 1.82) is 0 Å². The van der Waals surface area contributed by atoms with Crippen molar-refractivity contribution in [3.63, 3.8) is 0 Å². The second kappa shape index (κ2) is 6.13. The molecule has 144 valence electrons. The molecule has 2 aliphatic rings. The van der Waals surface area contributed by atoms with Gasteiger partial charge in [0.1, 0.15) is 16.7 Å². The Balaban J connectivity index is 1.76. The lowest BCUT2D eigenvalue weighted by atomic mass is 9.93. The van der Waals surface area contributed by atoms with E-state index in [9.17, 15) is 19.7 Å². The summed E-state index contributed by atoms with van der Waals surface area (Å²) in [7, 11) is 1.76. The number of hydrogen-bond donors (Lipinski definition) is 0. The van der Waals surface area contributed by atoms with Gasteiger partial charge in [0.15, 0.2) is 0 Å². The molecule has 2 aliphatic heterocycles. The first-order chi connectivity index (χ1) is 13.2. The molecular formula is C17H14ClN5O5. The Bertz CT molecular complexity index is 1090. The minimum Gasteiger partial charge on any atom is -0.381 e. The molecule has 2 atom stereocenters.